The summed E-state index contributed by atoms with van der Waals surface area (Å²) < 4.78 is 64.8. The molecule has 0 radical (unpaired) electrons. The van der Waals surface area contributed by atoms with E-state index in [0.717, 1.165) is 12.1 Å². The quantitative estimate of drug-likeness (QED) is 0.162. The van der Waals surface area contributed by atoms with Crippen LogP contribution in [0.1, 0.15) is 59.9 Å². The summed E-state index contributed by atoms with van der Waals surface area (Å²) in [4.78, 5) is 12.1. The average molecular weight is 601 g/mol. The van der Waals surface area contributed by atoms with E-state index in [-0.39, 0.29) is 52.4 Å². The van der Waals surface area contributed by atoms with Crippen LogP contribution in [0.15, 0.2) is 36.4 Å². The van der Waals surface area contributed by atoms with Crippen molar-refractivity contribution in [2.75, 3.05) is 6.61 Å². The lowest BCUT2D eigenvalue weighted by molar-refractivity contribution is -0.142. The van der Waals surface area contributed by atoms with E-state index in [4.69, 9.17) is 18.3 Å². The summed E-state index contributed by atoms with van der Waals surface area (Å²) in [6, 6.07) is 4.91. The summed E-state index contributed by atoms with van der Waals surface area (Å²) in [5.74, 6) is -0.0517. The van der Waals surface area contributed by atoms with Crippen LogP contribution < -0.4 is 4.74 Å². The highest BCUT2D eigenvalue weighted by Crippen LogP contribution is 2.47. The number of carbonyl (C=O) groups is 1. The number of esters is 1. The van der Waals surface area contributed by atoms with Crippen LogP contribution in [0.5, 0.6) is 5.75 Å². The summed E-state index contributed by atoms with van der Waals surface area (Å²) in [6.45, 7) is 21.8. The Morgan fingerprint density at radius 1 is 1.02 bits per heavy atom. The van der Waals surface area contributed by atoms with Crippen molar-refractivity contribution in [3.05, 3.63) is 42.0 Å². The molecule has 5 nitrogen and oxygen atoms in total. The second-order valence-electron chi connectivity index (χ2n) is 14.3. The summed E-state index contributed by atoms with van der Waals surface area (Å²) in [6.07, 6.45) is -0.131. The van der Waals surface area contributed by atoms with Crippen LogP contribution in [0.2, 0.25) is 36.3 Å². The molecule has 0 spiro atoms. The molecular formula is C30H47F3O5Si2. The Bertz CT molecular complexity index is 1070. The Labute approximate surface area is 240 Å². The highest BCUT2D eigenvalue weighted by Gasteiger charge is 2.52. The second kappa shape index (κ2) is 11.6. The lowest BCUT2D eigenvalue weighted by Crippen LogP contribution is -2.45. The van der Waals surface area contributed by atoms with Gasteiger partial charge in [-0.25, -0.2) is 0 Å². The van der Waals surface area contributed by atoms with Gasteiger partial charge >= 0.3 is 12.1 Å². The van der Waals surface area contributed by atoms with Crippen molar-refractivity contribution in [3.63, 3.8) is 0 Å². The first-order valence-corrected chi connectivity index (χ1v) is 20.0. The van der Waals surface area contributed by atoms with E-state index in [0.29, 0.717) is 12.8 Å². The maximum Gasteiger partial charge on any atom is 0.416 e. The number of hydrogen-bond donors (Lipinski definition) is 0. The van der Waals surface area contributed by atoms with Crippen LogP contribution in [0.4, 0.5) is 13.2 Å². The van der Waals surface area contributed by atoms with Crippen LogP contribution in [-0.2, 0) is 24.6 Å². The number of hydrogen-bond acceptors (Lipinski definition) is 5. The first kappa shape index (κ1) is 32.9. The molecule has 10 heteroatoms. The summed E-state index contributed by atoms with van der Waals surface area (Å²) in [7, 11) is -4.35. The highest BCUT2D eigenvalue weighted by molar-refractivity contribution is 6.74. The summed E-state index contributed by atoms with van der Waals surface area (Å²) in [5.41, 5.74) is -0.754. The number of rotatable bonds is 9. The van der Waals surface area contributed by atoms with Crippen LogP contribution in [0.25, 0.3) is 0 Å². The largest absolute Gasteiger partial charge is 0.491 e. The van der Waals surface area contributed by atoms with Crippen molar-refractivity contribution in [3.8, 4) is 5.75 Å². The van der Waals surface area contributed by atoms with Gasteiger partial charge in [0, 0.05) is 18.3 Å². The fourth-order valence-corrected chi connectivity index (χ4v) is 7.34. The topological polar surface area (TPSA) is 54.0 Å². The molecule has 2 fully saturated rings. The van der Waals surface area contributed by atoms with Crippen molar-refractivity contribution in [2.24, 2.45) is 11.8 Å². The molecule has 0 amide bonds. The Kier molecular flexibility index (Phi) is 9.51. The Balaban J connectivity index is 1.87. The number of alkyl halides is 3. The molecule has 1 saturated heterocycles. The number of benzene rings is 1. The zero-order valence-electron chi connectivity index (χ0n) is 25.6. The fourth-order valence-electron chi connectivity index (χ4n) is 4.72. The number of halogens is 3. The predicted molar refractivity (Wildman–Crippen MR) is 156 cm³/mol. The van der Waals surface area contributed by atoms with Gasteiger partial charge in [-0.05, 0) is 54.5 Å². The smallest absolute Gasteiger partial charge is 0.416 e. The number of carbonyl (C=O) groups excluding carboxylic acids is 1. The molecule has 40 heavy (non-hydrogen) atoms. The molecule has 1 aromatic rings. The van der Waals surface area contributed by atoms with E-state index < -0.39 is 34.5 Å². The molecule has 0 unspecified atom stereocenters. The minimum absolute atomic E-state index is 0.0245. The molecule has 5 atom stereocenters. The van der Waals surface area contributed by atoms with Crippen LogP contribution in [0, 0.1) is 11.8 Å². The third-order valence-electron chi connectivity index (χ3n) is 9.18. The standard InChI is InChI=1S/C30H47F3O5Si2/c1-28(2,3)39(7,8)37-22(19-35-21-13-11-12-20(16-21)30(31,32)33)14-15-23-24-17-27(34)36-25(24)18-26(23)38-40(9,10)29(4,5)6/h11-16,22-26H,17-19H2,1-10H3/b15-14-/t22-,23-,24-,25+,26-/m1/s1. The zero-order chi connectivity index (χ0) is 30.3. The van der Waals surface area contributed by atoms with E-state index in [1.807, 2.05) is 6.08 Å². The van der Waals surface area contributed by atoms with Crippen molar-refractivity contribution >= 4 is 22.6 Å². The van der Waals surface area contributed by atoms with E-state index in [1.54, 1.807) is 0 Å². The lowest BCUT2D eigenvalue weighted by Gasteiger charge is -2.40. The van der Waals surface area contributed by atoms with E-state index >= 15 is 0 Å². The Hall–Kier alpha value is -1.63. The SMILES string of the molecule is CC(C)(C)[Si](C)(C)O[C@H](/C=C\[C@@H]1[C@H]2CC(=O)O[C@H]2C[C@H]1O[Si](C)(C)C(C)(C)C)COc1cccc(C(F)(F)F)c1. The fraction of sp³-hybridized carbons (Fsp3) is 0.700. The van der Waals surface area contributed by atoms with Crippen LogP contribution in [-0.4, -0.2) is 47.5 Å². The summed E-state index contributed by atoms with van der Waals surface area (Å²) in [5, 5.41) is -0.0458. The van der Waals surface area contributed by atoms with Gasteiger partial charge in [-0.3, -0.25) is 4.79 Å². The van der Waals surface area contributed by atoms with E-state index in [1.165, 1.54) is 12.1 Å². The molecule has 1 aliphatic carbocycles. The predicted octanol–water partition coefficient (Wildman–Crippen LogP) is 8.37. The van der Waals surface area contributed by atoms with Gasteiger partial charge in [0.25, 0.3) is 0 Å². The zero-order valence-corrected chi connectivity index (χ0v) is 27.6. The molecule has 0 bridgehead atoms. The molecule has 1 heterocycles. The summed E-state index contributed by atoms with van der Waals surface area (Å²) >= 11 is 0. The van der Waals surface area contributed by atoms with Gasteiger partial charge in [-0.2, -0.15) is 13.2 Å². The molecule has 1 aliphatic heterocycles. The van der Waals surface area contributed by atoms with Gasteiger partial charge in [0.05, 0.1) is 24.2 Å². The molecule has 3 rings (SSSR count). The molecular weight excluding hydrogens is 553 g/mol. The highest BCUT2D eigenvalue weighted by atomic mass is 28.4. The Morgan fingerprint density at radius 3 is 2.23 bits per heavy atom. The van der Waals surface area contributed by atoms with E-state index in [2.05, 4.69) is 73.8 Å². The van der Waals surface area contributed by atoms with Crippen molar-refractivity contribution in [1.82, 2.24) is 0 Å². The third kappa shape index (κ3) is 7.80. The van der Waals surface area contributed by atoms with Crippen molar-refractivity contribution < 1.29 is 36.3 Å². The maximum absolute atomic E-state index is 13.2. The lowest BCUT2D eigenvalue weighted by atomic mass is 9.91. The minimum atomic E-state index is -4.45. The monoisotopic (exact) mass is 600 g/mol. The van der Waals surface area contributed by atoms with Gasteiger partial charge in [-0.15, -0.1) is 0 Å². The van der Waals surface area contributed by atoms with Crippen LogP contribution >= 0.6 is 0 Å². The molecule has 0 N–H and O–H groups in total. The van der Waals surface area contributed by atoms with Gasteiger partial charge in [0.15, 0.2) is 16.6 Å². The maximum atomic E-state index is 13.2. The first-order chi connectivity index (χ1) is 18.1. The van der Waals surface area contributed by atoms with Crippen molar-refractivity contribution in [2.45, 2.75) is 115 Å². The van der Waals surface area contributed by atoms with Gasteiger partial charge < -0.3 is 18.3 Å². The Morgan fingerprint density at radius 2 is 1.65 bits per heavy atom. The minimum Gasteiger partial charge on any atom is -0.491 e. The van der Waals surface area contributed by atoms with Crippen molar-refractivity contribution in [1.29, 1.82) is 0 Å². The molecule has 1 aromatic carbocycles. The number of fused-ring (bicyclic) bond motifs is 1. The third-order valence-corrected chi connectivity index (χ3v) is 18.2. The molecule has 2 aliphatic rings. The molecule has 226 valence electrons. The molecule has 0 aromatic heterocycles. The van der Waals surface area contributed by atoms with Gasteiger partial charge in [0.2, 0.25) is 0 Å². The van der Waals surface area contributed by atoms with E-state index in [9.17, 15) is 18.0 Å². The second-order valence-corrected chi connectivity index (χ2v) is 23.8. The van der Waals surface area contributed by atoms with Gasteiger partial charge in [0.1, 0.15) is 18.5 Å². The first-order valence-electron chi connectivity index (χ1n) is 14.1. The van der Waals surface area contributed by atoms with Gasteiger partial charge in [-0.1, -0.05) is 59.8 Å². The molecule has 1 saturated carbocycles. The normalized spacial score (nSPS) is 25.3. The number of ether oxygens (including phenoxy) is 2. The van der Waals surface area contributed by atoms with Crippen LogP contribution in [0.3, 0.4) is 0 Å². The average Bonchev–Trinajstić information content (AvgIpc) is 3.28.